The van der Waals surface area contributed by atoms with Gasteiger partial charge in [0, 0.05) is 12.0 Å². The van der Waals surface area contributed by atoms with Gasteiger partial charge >= 0.3 is 12.1 Å². The summed E-state index contributed by atoms with van der Waals surface area (Å²) >= 11 is 0. The number of carbonyl (C=O) groups is 2. The minimum Gasteiger partial charge on any atom is -0.465 e. The lowest BCUT2D eigenvalue weighted by Gasteiger charge is -2.45. The number of amides is 1. The van der Waals surface area contributed by atoms with Crippen LogP contribution in [0, 0.1) is 29.6 Å². The molecule has 2 aliphatic carbocycles. The molecule has 0 unspecified atom stereocenters. The highest BCUT2D eigenvalue weighted by molar-refractivity contribution is 5.75. The molecule has 30 heavy (non-hydrogen) atoms. The summed E-state index contributed by atoms with van der Waals surface area (Å²) in [7, 11) is 0. The van der Waals surface area contributed by atoms with E-state index in [9.17, 15) is 9.59 Å². The number of piperidine rings is 1. The van der Waals surface area contributed by atoms with E-state index in [1.807, 2.05) is 25.7 Å². The molecule has 0 aromatic rings. The molecule has 0 aromatic carbocycles. The Kier molecular flexibility index (Phi) is 6.18. The van der Waals surface area contributed by atoms with Crippen molar-refractivity contribution in [3.63, 3.8) is 0 Å². The van der Waals surface area contributed by atoms with E-state index in [1.165, 1.54) is 25.7 Å². The van der Waals surface area contributed by atoms with E-state index in [-0.39, 0.29) is 30.1 Å². The van der Waals surface area contributed by atoms with Crippen molar-refractivity contribution in [3.8, 4) is 0 Å². The van der Waals surface area contributed by atoms with Gasteiger partial charge in [0.05, 0.1) is 18.6 Å². The molecule has 2 saturated carbocycles. The summed E-state index contributed by atoms with van der Waals surface area (Å²) in [5, 5.41) is 0. The third kappa shape index (κ3) is 4.40. The van der Waals surface area contributed by atoms with E-state index in [1.54, 1.807) is 0 Å². The second-order valence-electron chi connectivity index (χ2n) is 11.0. The van der Waals surface area contributed by atoms with Crippen LogP contribution in [0.2, 0.25) is 0 Å². The number of esters is 1. The predicted octanol–water partition coefficient (Wildman–Crippen LogP) is 5.34. The van der Waals surface area contributed by atoms with Gasteiger partial charge in [0.2, 0.25) is 0 Å². The zero-order chi connectivity index (χ0) is 21.5. The van der Waals surface area contributed by atoms with Crippen molar-refractivity contribution in [2.24, 2.45) is 29.6 Å². The molecule has 0 bridgehead atoms. The lowest BCUT2D eigenvalue weighted by Crippen LogP contribution is -2.50. The van der Waals surface area contributed by atoms with Gasteiger partial charge in [-0.05, 0) is 77.6 Å². The minimum atomic E-state index is -0.490. The number of hydrogen-bond donors (Lipinski definition) is 0. The molecule has 7 atom stereocenters. The Morgan fingerprint density at radius 2 is 1.83 bits per heavy atom. The number of likely N-dealkylation sites (tertiary alicyclic amines) is 1. The molecular formula is C25H39NO4. The van der Waals surface area contributed by atoms with Gasteiger partial charge in [-0.3, -0.25) is 9.69 Å². The van der Waals surface area contributed by atoms with E-state index in [4.69, 9.17) is 9.47 Å². The van der Waals surface area contributed by atoms with Crippen LogP contribution in [-0.4, -0.2) is 41.3 Å². The molecule has 0 N–H and O–H groups in total. The summed E-state index contributed by atoms with van der Waals surface area (Å²) in [6, 6.07) is 0.255. The van der Waals surface area contributed by atoms with Crippen molar-refractivity contribution in [1.29, 1.82) is 0 Å². The third-order valence-electron chi connectivity index (χ3n) is 7.86. The Morgan fingerprint density at radius 1 is 1.07 bits per heavy atom. The molecule has 2 heterocycles. The molecule has 4 fully saturated rings. The van der Waals surface area contributed by atoms with Gasteiger partial charge in [-0.1, -0.05) is 31.4 Å². The Balaban J connectivity index is 1.54. The first kappa shape index (κ1) is 21.7. The quantitative estimate of drug-likeness (QED) is 0.450. The van der Waals surface area contributed by atoms with E-state index in [0.717, 1.165) is 25.7 Å². The number of nitrogens with zero attached hydrogens (tertiary/aromatic N) is 1. The number of rotatable bonds is 2. The molecule has 5 heteroatoms. The maximum atomic E-state index is 12.9. The van der Waals surface area contributed by atoms with Crippen LogP contribution in [0.4, 0.5) is 4.79 Å². The van der Waals surface area contributed by atoms with E-state index in [2.05, 4.69) is 19.1 Å². The topological polar surface area (TPSA) is 55.8 Å². The number of ether oxygens (including phenoxy) is 2. The Labute approximate surface area is 181 Å². The van der Waals surface area contributed by atoms with Crippen molar-refractivity contribution in [2.45, 2.75) is 96.7 Å². The van der Waals surface area contributed by atoms with Gasteiger partial charge in [-0.2, -0.15) is 0 Å². The first-order chi connectivity index (χ1) is 14.2. The molecule has 0 radical (unpaired) electrons. The van der Waals surface area contributed by atoms with E-state index in [0.29, 0.717) is 30.3 Å². The fourth-order valence-corrected chi connectivity index (χ4v) is 6.49. The summed E-state index contributed by atoms with van der Waals surface area (Å²) < 4.78 is 11.2. The van der Waals surface area contributed by atoms with Crippen LogP contribution in [0.3, 0.4) is 0 Å². The molecule has 168 valence electrons. The van der Waals surface area contributed by atoms with E-state index < -0.39 is 5.60 Å². The molecule has 2 aliphatic heterocycles. The molecule has 4 rings (SSSR count). The Morgan fingerprint density at radius 3 is 2.60 bits per heavy atom. The summed E-state index contributed by atoms with van der Waals surface area (Å²) in [6.07, 6.45) is 13.6. The van der Waals surface area contributed by atoms with Crippen LogP contribution in [0.15, 0.2) is 12.2 Å². The van der Waals surface area contributed by atoms with E-state index >= 15 is 0 Å². The van der Waals surface area contributed by atoms with Crippen LogP contribution in [0.25, 0.3) is 0 Å². The summed E-state index contributed by atoms with van der Waals surface area (Å²) in [5.41, 5.74) is -0.490. The maximum Gasteiger partial charge on any atom is 0.411 e. The van der Waals surface area contributed by atoms with Gasteiger partial charge in [-0.25, -0.2) is 4.79 Å². The molecule has 4 aliphatic rings. The van der Waals surface area contributed by atoms with Gasteiger partial charge in [0.1, 0.15) is 5.60 Å². The third-order valence-corrected chi connectivity index (χ3v) is 7.86. The van der Waals surface area contributed by atoms with Crippen LogP contribution < -0.4 is 0 Å². The van der Waals surface area contributed by atoms with Crippen LogP contribution in [0.5, 0.6) is 0 Å². The highest BCUT2D eigenvalue weighted by atomic mass is 16.6. The van der Waals surface area contributed by atoms with Crippen molar-refractivity contribution < 1.29 is 19.1 Å². The number of allylic oxidation sites excluding steroid dienone is 1. The molecule has 0 aromatic heterocycles. The molecule has 0 spiro atoms. The zero-order valence-corrected chi connectivity index (χ0v) is 19.1. The predicted molar refractivity (Wildman–Crippen MR) is 116 cm³/mol. The summed E-state index contributed by atoms with van der Waals surface area (Å²) in [6.45, 7) is 8.46. The number of hydrogen-bond acceptors (Lipinski definition) is 4. The van der Waals surface area contributed by atoms with Crippen LogP contribution in [-0.2, 0) is 14.3 Å². The summed E-state index contributed by atoms with van der Waals surface area (Å²) in [5.74, 6) is 2.09. The largest absolute Gasteiger partial charge is 0.465 e. The lowest BCUT2D eigenvalue weighted by atomic mass is 9.58. The standard InChI is InChI=1S/C25H39NO4/c1-16-8-7-10-18(26(16)24(28)30-25(2,3)4)12-13-20-19-11-6-5-9-17(19)14-21-22(20)15-29-23(21)27/h12-13,16-22H,5-11,14-15H2,1-4H3/b13-12+/t16-,17+,18+,19-,20+,21-,22+/m0/s1. The summed E-state index contributed by atoms with van der Waals surface area (Å²) in [4.78, 5) is 27.2. The first-order valence-corrected chi connectivity index (χ1v) is 12.1. The van der Waals surface area contributed by atoms with Crippen molar-refractivity contribution in [2.75, 3.05) is 6.61 Å². The Bertz CT molecular complexity index is 681. The lowest BCUT2D eigenvalue weighted by molar-refractivity contribution is -0.142. The molecular weight excluding hydrogens is 378 g/mol. The zero-order valence-electron chi connectivity index (χ0n) is 19.1. The number of carbonyl (C=O) groups excluding carboxylic acids is 2. The highest BCUT2D eigenvalue weighted by Gasteiger charge is 2.50. The fourth-order valence-electron chi connectivity index (χ4n) is 6.49. The average Bonchev–Trinajstić information content (AvgIpc) is 3.04. The van der Waals surface area contributed by atoms with Crippen molar-refractivity contribution in [3.05, 3.63) is 12.2 Å². The highest BCUT2D eigenvalue weighted by Crippen LogP contribution is 2.51. The normalized spacial score (nSPS) is 39.4. The maximum absolute atomic E-state index is 12.9. The molecule has 5 nitrogen and oxygen atoms in total. The monoisotopic (exact) mass is 417 g/mol. The number of cyclic esters (lactones) is 1. The van der Waals surface area contributed by atoms with Crippen molar-refractivity contribution >= 4 is 12.1 Å². The number of fused-ring (bicyclic) bond motifs is 2. The van der Waals surface area contributed by atoms with Gasteiger partial charge in [-0.15, -0.1) is 0 Å². The first-order valence-electron chi connectivity index (χ1n) is 12.1. The van der Waals surface area contributed by atoms with Gasteiger partial charge in [0.15, 0.2) is 0 Å². The minimum absolute atomic E-state index is 0.0177. The van der Waals surface area contributed by atoms with Gasteiger partial charge in [0.25, 0.3) is 0 Å². The van der Waals surface area contributed by atoms with Gasteiger partial charge < -0.3 is 9.47 Å². The Hall–Kier alpha value is -1.52. The molecule has 2 saturated heterocycles. The van der Waals surface area contributed by atoms with Crippen LogP contribution >= 0.6 is 0 Å². The van der Waals surface area contributed by atoms with Crippen molar-refractivity contribution in [1.82, 2.24) is 4.90 Å². The smallest absolute Gasteiger partial charge is 0.411 e. The second kappa shape index (κ2) is 8.55. The molecule has 1 amide bonds. The van der Waals surface area contributed by atoms with Crippen LogP contribution in [0.1, 0.15) is 79.1 Å². The second-order valence-corrected chi connectivity index (χ2v) is 11.0. The average molecular weight is 418 g/mol. The SMILES string of the molecule is C[C@H]1CCC[C@H](/C=C/[C@H]2[C@H]3COC(=O)[C@H]3C[C@H]3CCCC[C@@H]32)N1C(=O)OC(C)(C)C. The fraction of sp³-hybridized carbons (Fsp3) is 0.840.